The SMILES string of the molecule is C=CCN(CC=C)C(=O)c1ccnc([N+](=O)[O-])c1N. The molecule has 19 heavy (non-hydrogen) atoms. The molecule has 0 saturated carbocycles. The van der Waals surface area contributed by atoms with Crippen LogP contribution in [0, 0.1) is 10.1 Å². The molecule has 0 aliphatic rings. The van der Waals surface area contributed by atoms with Gasteiger partial charge in [0.05, 0.1) is 5.56 Å². The smallest absolute Gasteiger partial charge is 0.387 e. The molecule has 1 rings (SSSR count). The van der Waals surface area contributed by atoms with Crippen LogP contribution in [0.15, 0.2) is 37.6 Å². The number of nitro groups is 1. The number of amides is 1. The summed E-state index contributed by atoms with van der Waals surface area (Å²) in [6.07, 6.45) is 4.28. The molecule has 1 aromatic heterocycles. The molecule has 7 heteroatoms. The monoisotopic (exact) mass is 262 g/mol. The van der Waals surface area contributed by atoms with E-state index in [2.05, 4.69) is 18.1 Å². The van der Waals surface area contributed by atoms with Crippen molar-refractivity contribution in [2.24, 2.45) is 0 Å². The number of nitrogens with zero attached hydrogens (tertiary/aromatic N) is 3. The number of hydrogen-bond acceptors (Lipinski definition) is 5. The fraction of sp³-hybridized carbons (Fsp3) is 0.167. The van der Waals surface area contributed by atoms with E-state index in [0.29, 0.717) is 13.1 Å². The molecular formula is C12H14N4O3. The summed E-state index contributed by atoms with van der Waals surface area (Å²) in [5.41, 5.74) is 5.42. The van der Waals surface area contributed by atoms with E-state index in [1.54, 1.807) is 12.2 Å². The normalized spacial score (nSPS) is 9.68. The zero-order valence-electron chi connectivity index (χ0n) is 10.3. The van der Waals surface area contributed by atoms with Crippen LogP contribution in [0.4, 0.5) is 11.5 Å². The first-order valence-electron chi connectivity index (χ1n) is 5.42. The van der Waals surface area contributed by atoms with Crippen LogP contribution >= 0.6 is 0 Å². The van der Waals surface area contributed by atoms with Crippen molar-refractivity contribution in [2.45, 2.75) is 0 Å². The van der Waals surface area contributed by atoms with Crippen LogP contribution in [-0.4, -0.2) is 33.8 Å². The largest absolute Gasteiger partial charge is 0.391 e. The Labute approximate surface area is 110 Å². The van der Waals surface area contributed by atoms with Crippen LogP contribution in [0.3, 0.4) is 0 Å². The van der Waals surface area contributed by atoms with Crippen LogP contribution in [-0.2, 0) is 0 Å². The molecule has 0 atom stereocenters. The summed E-state index contributed by atoms with van der Waals surface area (Å²) in [5, 5.41) is 10.7. The first-order valence-corrected chi connectivity index (χ1v) is 5.42. The molecule has 0 spiro atoms. The van der Waals surface area contributed by atoms with Gasteiger partial charge in [-0.25, -0.2) is 0 Å². The maximum atomic E-state index is 12.2. The third kappa shape index (κ3) is 3.15. The van der Waals surface area contributed by atoms with Crippen LogP contribution in [0.1, 0.15) is 10.4 Å². The van der Waals surface area contributed by atoms with E-state index >= 15 is 0 Å². The molecule has 100 valence electrons. The number of hydrogen-bond donors (Lipinski definition) is 1. The number of nitrogens with two attached hydrogens (primary N) is 1. The second-order valence-corrected chi connectivity index (χ2v) is 3.64. The average molecular weight is 262 g/mol. The second-order valence-electron chi connectivity index (χ2n) is 3.64. The van der Waals surface area contributed by atoms with Gasteiger partial charge in [0.1, 0.15) is 11.9 Å². The molecule has 0 aliphatic carbocycles. The lowest BCUT2D eigenvalue weighted by atomic mass is 10.2. The number of nitrogen functional groups attached to an aromatic ring is 1. The minimum Gasteiger partial charge on any atom is -0.391 e. The number of carbonyl (C=O) groups is 1. The summed E-state index contributed by atoms with van der Waals surface area (Å²) in [7, 11) is 0. The van der Waals surface area contributed by atoms with Gasteiger partial charge in [-0.05, 0) is 16.0 Å². The number of carbonyl (C=O) groups excluding carboxylic acids is 1. The average Bonchev–Trinajstić information content (AvgIpc) is 2.37. The summed E-state index contributed by atoms with van der Waals surface area (Å²) in [6.45, 7) is 7.68. The van der Waals surface area contributed by atoms with Gasteiger partial charge in [-0.2, -0.15) is 0 Å². The van der Waals surface area contributed by atoms with Gasteiger partial charge >= 0.3 is 5.82 Å². The fourth-order valence-corrected chi connectivity index (χ4v) is 1.52. The summed E-state index contributed by atoms with van der Waals surface area (Å²) < 4.78 is 0. The minimum absolute atomic E-state index is 0.0467. The van der Waals surface area contributed by atoms with Gasteiger partial charge in [-0.15, -0.1) is 13.2 Å². The zero-order valence-corrected chi connectivity index (χ0v) is 10.3. The Bertz CT molecular complexity index is 518. The molecule has 0 unspecified atom stereocenters. The van der Waals surface area contributed by atoms with Gasteiger partial charge in [0, 0.05) is 13.1 Å². The van der Waals surface area contributed by atoms with Crippen LogP contribution in [0.5, 0.6) is 0 Å². The number of anilines is 1. The van der Waals surface area contributed by atoms with Crippen LogP contribution in [0.25, 0.3) is 0 Å². The van der Waals surface area contributed by atoms with Gasteiger partial charge in [-0.3, -0.25) is 4.79 Å². The Morgan fingerprint density at radius 2 is 2.05 bits per heavy atom. The Hall–Kier alpha value is -2.70. The molecule has 0 aliphatic heterocycles. The minimum atomic E-state index is -0.725. The van der Waals surface area contributed by atoms with Crippen molar-refractivity contribution in [1.82, 2.24) is 9.88 Å². The highest BCUT2D eigenvalue weighted by molar-refractivity contribution is 6.00. The third-order valence-electron chi connectivity index (χ3n) is 2.36. The summed E-state index contributed by atoms with van der Waals surface area (Å²) >= 11 is 0. The van der Waals surface area contributed by atoms with E-state index in [4.69, 9.17) is 5.73 Å². The quantitative estimate of drug-likeness (QED) is 0.474. The molecule has 7 nitrogen and oxygen atoms in total. The first-order chi connectivity index (χ1) is 9.02. The van der Waals surface area contributed by atoms with Crippen LogP contribution < -0.4 is 5.73 Å². The van der Waals surface area contributed by atoms with Crippen molar-refractivity contribution in [1.29, 1.82) is 0 Å². The van der Waals surface area contributed by atoms with E-state index in [-0.39, 0.29) is 11.3 Å². The summed E-state index contributed by atoms with van der Waals surface area (Å²) in [4.78, 5) is 27.2. The molecule has 0 saturated heterocycles. The topological polar surface area (TPSA) is 102 Å². The highest BCUT2D eigenvalue weighted by Gasteiger charge is 2.23. The molecule has 0 bridgehead atoms. The predicted octanol–water partition coefficient (Wildman–Crippen LogP) is 1.39. The van der Waals surface area contributed by atoms with E-state index < -0.39 is 16.6 Å². The van der Waals surface area contributed by atoms with E-state index in [1.807, 2.05) is 0 Å². The zero-order chi connectivity index (χ0) is 14.4. The molecule has 1 amide bonds. The Kier molecular flexibility index (Phi) is 4.76. The van der Waals surface area contributed by atoms with Crippen molar-refractivity contribution in [3.05, 3.63) is 53.3 Å². The van der Waals surface area contributed by atoms with Gasteiger partial charge in [0.15, 0.2) is 0 Å². The fourth-order valence-electron chi connectivity index (χ4n) is 1.52. The summed E-state index contributed by atoms with van der Waals surface area (Å²) in [5.74, 6) is -0.953. The maximum Gasteiger partial charge on any atom is 0.387 e. The summed E-state index contributed by atoms with van der Waals surface area (Å²) in [6, 6.07) is 1.35. The first kappa shape index (κ1) is 14.4. The Morgan fingerprint density at radius 3 is 2.53 bits per heavy atom. The van der Waals surface area contributed by atoms with Crippen molar-refractivity contribution in [2.75, 3.05) is 18.8 Å². The van der Waals surface area contributed by atoms with Gasteiger partial charge in [0.25, 0.3) is 5.91 Å². The van der Waals surface area contributed by atoms with E-state index in [1.165, 1.54) is 17.2 Å². The van der Waals surface area contributed by atoms with Crippen molar-refractivity contribution in [3.63, 3.8) is 0 Å². The van der Waals surface area contributed by atoms with Crippen LogP contribution in [0.2, 0.25) is 0 Å². The molecule has 1 aromatic rings. The van der Waals surface area contributed by atoms with Crippen molar-refractivity contribution >= 4 is 17.4 Å². The highest BCUT2D eigenvalue weighted by atomic mass is 16.6. The number of aromatic nitrogens is 1. The van der Waals surface area contributed by atoms with E-state index in [0.717, 1.165) is 0 Å². The highest BCUT2D eigenvalue weighted by Crippen LogP contribution is 2.23. The Balaban J connectivity index is 3.17. The maximum absolute atomic E-state index is 12.2. The van der Waals surface area contributed by atoms with Crippen molar-refractivity contribution in [3.8, 4) is 0 Å². The predicted molar refractivity (Wildman–Crippen MR) is 71.6 cm³/mol. The molecule has 1 heterocycles. The van der Waals surface area contributed by atoms with Gasteiger partial charge < -0.3 is 20.7 Å². The van der Waals surface area contributed by atoms with E-state index in [9.17, 15) is 14.9 Å². The lowest BCUT2D eigenvalue weighted by Gasteiger charge is -2.19. The third-order valence-corrected chi connectivity index (χ3v) is 2.36. The molecule has 0 aromatic carbocycles. The molecule has 0 fully saturated rings. The molecule has 0 radical (unpaired) electrons. The van der Waals surface area contributed by atoms with Gasteiger partial charge in [-0.1, -0.05) is 12.2 Å². The second kappa shape index (κ2) is 6.29. The molecule has 2 N–H and O–H groups in total. The van der Waals surface area contributed by atoms with Gasteiger partial charge in [0.2, 0.25) is 0 Å². The Morgan fingerprint density at radius 1 is 1.47 bits per heavy atom. The van der Waals surface area contributed by atoms with Crippen molar-refractivity contribution < 1.29 is 9.72 Å². The standard InChI is InChI=1S/C12H14N4O3/c1-3-7-15(8-4-2)12(17)9-5-6-14-11(10(9)13)16(18)19/h3-6H,1-2,7-8,13H2. The number of pyridine rings is 1. The number of rotatable bonds is 6. The molecular weight excluding hydrogens is 248 g/mol. The lowest BCUT2D eigenvalue weighted by Crippen LogP contribution is -2.32. The lowest BCUT2D eigenvalue weighted by molar-refractivity contribution is -0.388.